The zero-order valence-corrected chi connectivity index (χ0v) is 11.8. The molecule has 0 aromatic carbocycles. The normalized spacial score (nSPS) is 26.3. The molecule has 3 N–H and O–H groups in total. The summed E-state index contributed by atoms with van der Waals surface area (Å²) >= 11 is 0. The first-order chi connectivity index (χ1) is 9.04. The number of rotatable bonds is 5. The van der Waals surface area contributed by atoms with E-state index in [0.29, 0.717) is 12.3 Å². The smallest absolute Gasteiger partial charge is 0.268 e. The van der Waals surface area contributed by atoms with Crippen molar-refractivity contribution in [2.24, 2.45) is 5.73 Å². The van der Waals surface area contributed by atoms with Crippen LogP contribution in [0.25, 0.3) is 0 Å². The molecule has 3 atom stereocenters. The second-order valence-electron chi connectivity index (χ2n) is 5.29. The number of ether oxygens (including phenoxy) is 1. The molecule has 0 bridgehead atoms. The first-order valence-corrected chi connectivity index (χ1v) is 6.89. The standard InChI is InChI=1S/C14H23N3O2/c1-4-19-12-8-10(15)13(12)16-14(18)11-6-5-7-17(11)9(2)3/h5-7,9-10,12-13H,4,8,15H2,1-3H3,(H,16,18). The van der Waals surface area contributed by atoms with Crippen LogP contribution in [0.3, 0.4) is 0 Å². The SMILES string of the molecule is CCOC1CC(N)C1NC(=O)c1cccn1C(C)C. The molecule has 1 heterocycles. The Morgan fingerprint density at radius 1 is 1.63 bits per heavy atom. The van der Waals surface area contributed by atoms with E-state index >= 15 is 0 Å². The van der Waals surface area contributed by atoms with E-state index in [1.807, 2.05) is 29.8 Å². The van der Waals surface area contributed by atoms with Crippen LogP contribution in [0, 0.1) is 0 Å². The third kappa shape index (κ3) is 2.82. The van der Waals surface area contributed by atoms with Crippen molar-refractivity contribution in [1.82, 2.24) is 9.88 Å². The third-order valence-electron chi connectivity index (χ3n) is 3.61. The van der Waals surface area contributed by atoms with Crippen molar-refractivity contribution in [3.05, 3.63) is 24.0 Å². The molecule has 0 saturated heterocycles. The molecule has 19 heavy (non-hydrogen) atoms. The van der Waals surface area contributed by atoms with Crippen LogP contribution in [0.5, 0.6) is 0 Å². The van der Waals surface area contributed by atoms with Crippen LogP contribution < -0.4 is 11.1 Å². The maximum atomic E-state index is 12.3. The van der Waals surface area contributed by atoms with Gasteiger partial charge in [0, 0.05) is 24.9 Å². The molecule has 5 nitrogen and oxygen atoms in total. The lowest BCUT2D eigenvalue weighted by Crippen LogP contribution is -2.64. The minimum Gasteiger partial charge on any atom is -0.376 e. The molecule has 2 rings (SSSR count). The van der Waals surface area contributed by atoms with Crippen molar-refractivity contribution < 1.29 is 9.53 Å². The Morgan fingerprint density at radius 2 is 2.37 bits per heavy atom. The number of aromatic nitrogens is 1. The maximum Gasteiger partial charge on any atom is 0.268 e. The van der Waals surface area contributed by atoms with Crippen LogP contribution in [0.15, 0.2) is 18.3 Å². The number of amides is 1. The molecule has 0 aliphatic heterocycles. The van der Waals surface area contributed by atoms with Gasteiger partial charge >= 0.3 is 0 Å². The molecule has 3 unspecified atom stereocenters. The van der Waals surface area contributed by atoms with Gasteiger partial charge in [0.2, 0.25) is 0 Å². The van der Waals surface area contributed by atoms with Crippen molar-refractivity contribution in [2.75, 3.05) is 6.61 Å². The number of hydrogen-bond acceptors (Lipinski definition) is 3. The zero-order valence-electron chi connectivity index (χ0n) is 11.8. The highest BCUT2D eigenvalue weighted by Gasteiger charge is 2.40. The number of nitrogens with zero attached hydrogens (tertiary/aromatic N) is 1. The monoisotopic (exact) mass is 265 g/mol. The summed E-state index contributed by atoms with van der Waals surface area (Å²) < 4.78 is 7.51. The molecular weight excluding hydrogens is 242 g/mol. The van der Waals surface area contributed by atoms with Crippen LogP contribution in [0.2, 0.25) is 0 Å². The van der Waals surface area contributed by atoms with E-state index in [4.69, 9.17) is 10.5 Å². The molecule has 1 aromatic rings. The fourth-order valence-corrected chi connectivity index (χ4v) is 2.49. The molecule has 1 fully saturated rings. The Labute approximate surface area is 114 Å². The van der Waals surface area contributed by atoms with Gasteiger partial charge in [-0.3, -0.25) is 4.79 Å². The summed E-state index contributed by atoms with van der Waals surface area (Å²) in [5.41, 5.74) is 6.61. The van der Waals surface area contributed by atoms with E-state index < -0.39 is 0 Å². The largest absolute Gasteiger partial charge is 0.376 e. The summed E-state index contributed by atoms with van der Waals surface area (Å²) in [5, 5.41) is 2.99. The number of carbonyl (C=O) groups excluding carboxylic acids is 1. The van der Waals surface area contributed by atoms with E-state index in [1.54, 1.807) is 0 Å². The summed E-state index contributed by atoms with van der Waals surface area (Å²) in [7, 11) is 0. The summed E-state index contributed by atoms with van der Waals surface area (Å²) in [6.45, 7) is 6.70. The first kappa shape index (κ1) is 14.1. The number of hydrogen-bond donors (Lipinski definition) is 2. The highest BCUT2D eigenvalue weighted by Crippen LogP contribution is 2.23. The second kappa shape index (κ2) is 5.75. The van der Waals surface area contributed by atoms with Gasteiger partial charge in [-0.2, -0.15) is 0 Å². The number of nitrogens with one attached hydrogen (secondary N) is 1. The molecule has 106 valence electrons. The van der Waals surface area contributed by atoms with Gasteiger partial charge in [-0.05, 0) is 39.3 Å². The quantitative estimate of drug-likeness (QED) is 0.843. The Bertz CT molecular complexity index is 440. The first-order valence-electron chi connectivity index (χ1n) is 6.89. The lowest BCUT2D eigenvalue weighted by atomic mass is 9.83. The van der Waals surface area contributed by atoms with E-state index in [-0.39, 0.29) is 30.1 Å². The third-order valence-corrected chi connectivity index (χ3v) is 3.61. The highest BCUT2D eigenvalue weighted by atomic mass is 16.5. The Balaban J connectivity index is 2.02. The van der Waals surface area contributed by atoms with Crippen LogP contribution in [-0.4, -0.2) is 35.3 Å². The molecule has 1 aliphatic rings. The molecule has 0 radical (unpaired) electrons. The predicted molar refractivity (Wildman–Crippen MR) is 74.1 cm³/mol. The molecule has 1 amide bonds. The lowest BCUT2D eigenvalue weighted by Gasteiger charge is -2.42. The van der Waals surface area contributed by atoms with Crippen LogP contribution in [0.1, 0.15) is 43.7 Å². The lowest BCUT2D eigenvalue weighted by molar-refractivity contribution is -0.0301. The van der Waals surface area contributed by atoms with Crippen molar-refractivity contribution in [1.29, 1.82) is 0 Å². The van der Waals surface area contributed by atoms with Gasteiger partial charge in [0.25, 0.3) is 5.91 Å². The van der Waals surface area contributed by atoms with Crippen molar-refractivity contribution in [2.45, 2.75) is 51.4 Å². The highest BCUT2D eigenvalue weighted by molar-refractivity contribution is 5.93. The van der Waals surface area contributed by atoms with Gasteiger partial charge in [-0.1, -0.05) is 0 Å². The minimum absolute atomic E-state index is 0.0111. The Morgan fingerprint density at radius 3 is 2.95 bits per heavy atom. The number of carbonyl (C=O) groups is 1. The van der Waals surface area contributed by atoms with E-state index in [9.17, 15) is 4.79 Å². The summed E-state index contributed by atoms with van der Waals surface area (Å²) in [5.74, 6) is -0.0800. The van der Waals surface area contributed by atoms with Gasteiger partial charge in [0.1, 0.15) is 5.69 Å². The van der Waals surface area contributed by atoms with E-state index in [2.05, 4.69) is 19.2 Å². The van der Waals surface area contributed by atoms with Gasteiger partial charge in [-0.25, -0.2) is 0 Å². The average molecular weight is 265 g/mol. The Hall–Kier alpha value is -1.33. The summed E-state index contributed by atoms with van der Waals surface area (Å²) in [6, 6.07) is 3.88. The number of nitrogens with two attached hydrogens (primary N) is 1. The van der Waals surface area contributed by atoms with Crippen molar-refractivity contribution >= 4 is 5.91 Å². The topological polar surface area (TPSA) is 69.3 Å². The average Bonchev–Trinajstić information content (AvgIpc) is 2.85. The Kier molecular flexibility index (Phi) is 4.27. The van der Waals surface area contributed by atoms with Gasteiger partial charge in [0.05, 0.1) is 12.1 Å². The van der Waals surface area contributed by atoms with E-state index in [0.717, 1.165) is 6.42 Å². The second-order valence-corrected chi connectivity index (χ2v) is 5.29. The van der Waals surface area contributed by atoms with Gasteiger partial charge in [-0.15, -0.1) is 0 Å². The summed E-state index contributed by atoms with van der Waals surface area (Å²) in [6.07, 6.45) is 2.77. The van der Waals surface area contributed by atoms with E-state index in [1.165, 1.54) is 0 Å². The van der Waals surface area contributed by atoms with Crippen molar-refractivity contribution in [3.8, 4) is 0 Å². The maximum absolute atomic E-state index is 12.3. The fraction of sp³-hybridized carbons (Fsp3) is 0.643. The van der Waals surface area contributed by atoms with Crippen LogP contribution >= 0.6 is 0 Å². The summed E-state index contributed by atoms with van der Waals surface area (Å²) in [4.78, 5) is 12.3. The van der Waals surface area contributed by atoms with Gasteiger partial charge in [0.15, 0.2) is 0 Å². The van der Waals surface area contributed by atoms with Crippen LogP contribution in [0.4, 0.5) is 0 Å². The molecule has 1 aromatic heterocycles. The molecule has 1 saturated carbocycles. The molecule has 5 heteroatoms. The van der Waals surface area contributed by atoms with Crippen LogP contribution in [-0.2, 0) is 4.74 Å². The fourth-order valence-electron chi connectivity index (χ4n) is 2.49. The van der Waals surface area contributed by atoms with Crippen molar-refractivity contribution in [3.63, 3.8) is 0 Å². The zero-order chi connectivity index (χ0) is 14.0. The molecule has 1 aliphatic carbocycles. The van der Waals surface area contributed by atoms with Gasteiger partial charge < -0.3 is 20.4 Å². The predicted octanol–water partition coefficient (Wildman–Crippen LogP) is 1.30. The minimum atomic E-state index is -0.0806. The molecular formula is C14H23N3O2. The molecule has 0 spiro atoms.